The molecule has 0 radical (unpaired) electrons. The second kappa shape index (κ2) is 4.76. The molecule has 1 rings (SSSR count). The highest BCUT2D eigenvalue weighted by Gasteiger charge is 2.20. The standard InChI is InChI=1S/C11H15ClFN/c1-11(13,8-14)7-6-9-2-4-10(12)5-3-9/h2-5H,6-8,14H2,1H3. The van der Waals surface area contributed by atoms with E-state index in [9.17, 15) is 4.39 Å². The van der Waals surface area contributed by atoms with E-state index in [-0.39, 0.29) is 6.54 Å². The lowest BCUT2D eigenvalue weighted by Crippen LogP contribution is -2.29. The van der Waals surface area contributed by atoms with Gasteiger partial charge in [0.15, 0.2) is 0 Å². The third-order valence-corrected chi connectivity index (χ3v) is 2.53. The molecule has 78 valence electrons. The van der Waals surface area contributed by atoms with E-state index in [1.165, 1.54) is 6.92 Å². The molecule has 0 fully saturated rings. The van der Waals surface area contributed by atoms with Crippen LogP contribution in [0.3, 0.4) is 0 Å². The number of rotatable bonds is 4. The molecule has 0 amide bonds. The van der Waals surface area contributed by atoms with Gasteiger partial charge in [0.05, 0.1) is 0 Å². The third-order valence-electron chi connectivity index (χ3n) is 2.27. The SMILES string of the molecule is CC(F)(CN)CCc1ccc(Cl)cc1. The van der Waals surface area contributed by atoms with Gasteiger partial charge in [-0.15, -0.1) is 0 Å². The van der Waals surface area contributed by atoms with E-state index >= 15 is 0 Å². The van der Waals surface area contributed by atoms with Crippen LogP contribution in [-0.2, 0) is 6.42 Å². The Morgan fingerprint density at radius 2 is 1.93 bits per heavy atom. The van der Waals surface area contributed by atoms with Crippen molar-refractivity contribution in [1.29, 1.82) is 0 Å². The summed E-state index contributed by atoms with van der Waals surface area (Å²) in [6.07, 6.45) is 1.15. The van der Waals surface area contributed by atoms with Gasteiger partial charge in [-0.2, -0.15) is 0 Å². The molecule has 3 heteroatoms. The molecule has 0 bridgehead atoms. The zero-order chi connectivity index (χ0) is 10.6. The smallest absolute Gasteiger partial charge is 0.120 e. The van der Waals surface area contributed by atoms with Crippen LogP contribution in [0.4, 0.5) is 4.39 Å². The van der Waals surface area contributed by atoms with Crippen LogP contribution in [0.15, 0.2) is 24.3 Å². The molecule has 0 aromatic heterocycles. The van der Waals surface area contributed by atoms with Gasteiger partial charge < -0.3 is 5.73 Å². The van der Waals surface area contributed by atoms with Crippen LogP contribution in [-0.4, -0.2) is 12.2 Å². The third kappa shape index (κ3) is 3.64. The first kappa shape index (κ1) is 11.5. The zero-order valence-electron chi connectivity index (χ0n) is 8.26. The minimum Gasteiger partial charge on any atom is -0.328 e. The number of alkyl halides is 1. The Hall–Kier alpha value is -0.600. The molecule has 1 atom stereocenters. The van der Waals surface area contributed by atoms with Gasteiger partial charge in [0.2, 0.25) is 0 Å². The van der Waals surface area contributed by atoms with Gasteiger partial charge in [0, 0.05) is 11.6 Å². The van der Waals surface area contributed by atoms with Crippen molar-refractivity contribution in [2.45, 2.75) is 25.4 Å². The Bertz CT molecular complexity index is 282. The fourth-order valence-electron chi connectivity index (χ4n) is 1.16. The highest BCUT2D eigenvalue weighted by atomic mass is 35.5. The molecule has 0 saturated carbocycles. The predicted molar refractivity (Wildman–Crippen MR) is 58.3 cm³/mol. The monoisotopic (exact) mass is 215 g/mol. The molecular formula is C11H15ClFN. The Kier molecular flexibility index (Phi) is 3.90. The van der Waals surface area contributed by atoms with E-state index < -0.39 is 5.67 Å². The number of benzene rings is 1. The number of aryl methyl sites for hydroxylation is 1. The van der Waals surface area contributed by atoms with Gasteiger partial charge >= 0.3 is 0 Å². The van der Waals surface area contributed by atoms with Crippen molar-refractivity contribution in [3.63, 3.8) is 0 Å². The van der Waals surface area contributed by atoms with Crippen molar-refractivity contribution in [1.82, 2.24) is 0 Å². The highest BCUT2D eigenvalue weighted by Crippen LogP contribution is 2.18. The molecule has 1 aromatic rings. The van der Waals surface area contributed by atoms with Crippen molar-refractivity contribution in [2.75, 3.05) is 6.54 Å². The molecule has 0 spiro atoms. The van der Waals surface area contributed by atoms with Crippen LogP contribution in [0.2, 0.25) is 5.02 Å². The van der Waals surface area contributed by atoms with Crippen LogP contribution >= 0.6 is 11.6 Å². The predicted octanol–water partition coefficient (Wildman–Crippen LogP) is 2.96. The van der Waals surface area contributed by atoms with Crippen LogP contribution in [0.25, 0.3) is 0 Å². The molecule has 0 aliphatic heterocycles. The molecule has 1 unspecified atom stereocenters. The van der Waals surface area contributed by atoms with Crippen LogP contribution in [0.5, 0.6) is 0 Å². The Morgan fingerprint density at radius 1 is 1.36 bits per heavy atom. The minimum atomic E-state index is -1.26. The number of hydrogen-bond acceptors (Lipinski definition) is 1. The molecule has 0 aliphatic rings. The largest absolute Gasteiger partial charge is 0.328 e. The fraction of sp³-hybridized carbons (Fsp3) is 0.455. The highest BCUT2D eigenvalue weighted by molar-refractivity contribution is 6.30. The van der Waals surface area contributed by atoms with Gasteiger partial charge in [0.25, 0.3) is 0 Å². The lowest BCUT2D eigenvalue weighted by molar-refractivity contribution is 0.186. The maximum absolute atomic E-state index is 13.4. The number of halogens is 2. The molecule has 1 aromatic carbocycles. The Balaban J connectivity index is 2.50. The van der Waals surface area contributed by atoms with Crippen molar-refractivity contribution in [2.24, 2.45) is 5.73 Å². The second-order valence-electron chi connectivity index (χ2n) is 3.74. The first-order chi connectivity index (χ1) is 6.53. The summed E-state index contributed by atoms with van der Waals surface area (Å²) in [5.41, 5.74) is 5.12. The zero-order valence-corrected chi connectivity index (χ0v) is 9.02. The summed E-state index contributed by atoms with van der Waals surface area (Å²) in [4.78, 5) is 0. The molecule has 2 N–H and O–H groups in total. The molecule has 1 nitrogen and oxygen atoms in total. The van der Waals surface area contributed by atoms with Crippen molar-refractivity contribution < 1.29 is 4.39 Å². The molecular weight excluding hydrogens is 201 g/mol. The van der Waals surface area contributed by atoms with E-state index in [1.807, 2.05) is 24.3 Å². The summed E-state index contributed by atoms with van der Waals surface area (Å²) in [7, 11) is 0. The second-order valence-corrected chi connectivity index (χ2v) is 4.18. The first-order valence-electron chi connectivity index (χ1n) is 4.67. The van der Waals surface area contributed by atoms with E-state index in [0.29, 0.717) is 17.9 Å². The summed E-state index contributed by atoms with van der Waals surface area (Å²) in [5, 5.41) is 0.704. The fourth-order valence-corrected chi connectivity index (χ4v) is 1.28. The van der Waals surface area contributed by atoms with Crippen molar-refractivity contribution >= 4 is 11.6 Å². The topological polar surface area (TPSA) is 26.0 Å². The van der Waals surface area contributed by atoms with Gasteiger partial charge in [-0.1, -0.05) is 23.7 Å². The lowest BCUT2D eigenvalue weighted by atomic mass is 9.99. The molecule has 14 heavy (non-hydrogen) atoms. The summed E-state index contributed by atoms with van der Waals surface area (Å²) in [6, 6.07) is 7.45. The van der Waals surface area contributed by atoms with E-state index in [1.54, 1.807) is 0 Å². The van der Waals surface area contributed by atoms with Gasteiger partial charge in [-0.3, -0.25) is 0 Å². The summed E-state index contributed by atoms with van der Waals surface area (Å²) in [5.74, 6) is 0. The molecule has 0 heterocycles. The lowest BCUT2D eigenvalue weighted by Gasteiger charge is -2.17. The minimum absolute atomic E-state index is 0.0700. The average Bonchev–Trinajstić information content (AvgIpc) is 2.17. The number of nitrogens with two attached hydrogens (primary N) is 1. The quantitative estimate of drug-likeness (QED) is 0.821. The maximum Gasteiger partial charge on any atom is 0.120 e. The maximum atomic E-state index is 13.4. The van der Waals surface area contributed by atoms with Crippen LogP contribution < -0.4 is 5.73 Å². The summed E-state index contributed by atoms with van der Waals surface area (Å²) < 4.78 is 13.4. The first-order valence-corrected chi connectivity index (χ1v) is 5.05. The molecule has 0 saturated heterocycles. The van der Waals surface area contributed by atoms with Gasteiger partial charge in [0.1, 0.15) is 5.67 Å². The number of hydrogen-bond donors (Lipinski definition) is 1. The Labute approximate surface area is 89.1 Å². The Morgan fingerprint density at radius 3 is 2.43 bits per heavy atom. The van der Waals surface area contributed by atoms with E-state index in [0.717, 1.165) is 5.56 Å². The van der Waals surface area contributed by atoms with Crippen molar-refractivity contribution in [3.05, 3.63) is 34.9 Å². The van der Waals surface area contributed by atoms with Crippen LogP contribution in [0.1, 0.15) is 18.9 Å². The van der Waals surface area contributed by atoms with E-state index in [2.05, 4.69) is 0 Å². The normalized spacial score (nSPS) is 15.1. The summed E-state index contributed by atoms with van der Waals surface area (Å²) >= 11 is 5.73. The van der Waals surface area contributed by atoms with Gasteiger partial charge in [-0.05, 0) is 37.5 Å². The summed E-state index contributed by atoms with van der Waals surface area (Å²) in [6.45, 7) is 1.60. The van der Waals surface area contributed by atoms with Crippen LogP contribution in [0, 0.1) is 0 Å². The van der Waals surface area contributed by atoms with Gasteiger partial charge in [-0.25, -0.2) is 4.39 Å². The van der Waals surface area contributed by atoms with Crippen molar-refractivity contribution in [3.8, 4) is 0 Å². The molecule has 0 aliphatic carbocycles. The average molecular weight is 216 g/mol. The van der Waals surface area contributed by atoms with E-state index in [4.69, 9.17) is 17.3 Å².